The van der Waals surface area contributed by atoms with Gasteiger partial charge in [-0.05, 0) is 43.4 Å². The van der Waals surface area contributed by atoms with E-state index in [2.05, 4.69) is 5.32 Å². The molecule has 0 saturated carbocycles. The summed E-state index contributed by atoms with van der Waals surface area (Å²) in [6, 6.07) is 6.13. The predicted molar refractivity (Wildman–Crippen MR) is 91.6 cm³/mol. The predicted octanol–water partition coefficient (Wildman–Crippen LogP) is 3.12. The van der Waals surface area contributed by atoms with Crippen LogP contribution in [0.5, 0.6) is 0 Å². The van der Waals surface area contributed by atoms with Crippen LogP contribution in [0.15, 0.2) is 24.3 Å². The summed E-state index contributed by atoms with van der Waals surface area (Å²) < 4.78 is 12.9. The van der Waals surface area contributed by atoms with Gasteiger partial charge in [-0.15, -0.1) is 0 Å². The summed E-state index contributed by atoms with van der Waals surface area (Å²) in [6.07, 6.45) is 3.16. The molecule has 1 heterocycles. The summed E-state index contributed by atoms with van der Waals surface area (Å²) in [4.78, 5) is 26.5. The van der Waals surface area contributed by atoms with Crippen LogP contribution in [-0.4, -0.2) is 29.8 Å². The van der Waals surface area contributed by atoms with E-state index in [4.69, 9.17) is 0 Å². The third-order valence-electron chi connectivity index (χ3n) is 4.89. The van der Waals surface area contributed by atoms with Crippen molar-refractivity contribution in [2.75, 3.05) is 13.1 Å². The average Bonchev–Trinajstić information content (AvgIpc) is 2.62. The lowest BCUT2D eigenvalue weighted by atomic mass is 9.93. The molecule has 0 atom stereocenters. The zero-order valence-electron chi connectivity index (χ0n) is 14.6. The molecule has 0 aliphatic carbocycles. The maximum absolute atomic E-state index is 12.9. The van der Waals surface area contributed by atoms with Gasteiger partial charge in [-0.1, -0.05) is 26.0 Å². The number of hydrogen-bond acceptors (Lipinski definition) is 2. The van der Waals surface area contributed by atoms with Crippen molar-refractivity contribution in [3.63, 3.8) is 0 Å². The summed E-state index contributed by atoms with van der Waals surface area (Å²) in [5.41, 5.74) is 0.881. The lowest BCUT2D eigenvalue weighted by Gasteiger charge is -2.33. The molecule has 1 N–H and O–H groups in total. The molecule has 0 bridgehead atoms. The molecule has 0 spiro atoms. The zero-order valence-corrected chi connectivity index (χ0v) is 14.6. The minimum atomic E-state index is -0.278. The molecule has 1 aromatic rings. The molecule has 5 heteroatoms. The molecule has 4 nitrogen and oxygen atoms in total. The van der Waals surface area contributed by atoms with Gasteiger partial charge in [-0.2, -0.15) is 0 Å². The van der Waals surface area contributed by atoms with Gasteiger partial charge in [-0.25, -0.2) is 4.39 Å². The molecule has 2 amide bonds. The van der Waals surface area contributed by atoms with Crippen LogP contribution in [0.25, 0.3) is 0 Å². The van der Waals surface area contributed by atoms with Gasteiger partial charge in [0.25, 0.3) is 0 Å². The molecule has 1 aliphatic heterocycles. The molecule has 0 unspecified atom stereocenters. The van der Waals surface area contributed by atoms with E-state index in [0.29, 0.717) is 32.5 Å². The maximum atomic E-state index is 12.9. The highest BCUT2D eigenvalue weighted by Gasteiger charge is 2.29. The molecule has 24 heavy (non-hydrogen) atoms. The smallest absolute Gasteiger partial charge is 0.225 e. The fraction of sp³-hybridized carbons (Fsp3) is 0.579. The van der Waals surface area contributed by atoms with Crippen molar-refractivity contribution in [3.8, 4) is 0 Å². The Balaban J connectivity index is 1.78. The fourth-order valence-corrected chi connectivity index (χ4v) is 3.19. The Bertz CT molecular complexity index is 547. The summed E-state index contributed by atoms with van der Waals surface area (Å²) >= 11 is 0. The van der Waals surface area contributed by atoms with Gasteiger partial charge >= 0.3 is 0 Å². The first-order valence-electron chi connectivity index (χ1n) is 8.86. The Morgan fingerprint density at radius 2 is 1.75 bits per heavy atom. The Morgan fingerprint density at radius 3 is 2.29 bits per heavy atom. The molecular formula is C19H27FN2O2. The topological polar surface area (TPSA) is 49.4 Å². The zero-order chi connectivity index (χ0) is 17.5. The Hall–Kier alpha value is -1.91. The lowest BCUT2D eigenvalue weighted by Crippen LogP contribution is -2.44. The number of halogens is 1. The van der Waals surface area contributed by atoms with E-state index in [9.17, 15) is 14.0 Å². The van der Waals surface area contributed by atoms with E-state index in [-0.39, 0.29) is 29.5 Å². The minimum absolute atomic E-state index is 0.0222. The molecule has 1 fully saturated rings. The van der Waals surface area contributed by atoms with Gasteiger partial charge < -0.3 is 10.2 Å². The first-order valence-corrected chi connectivity index (χ1v) is 8.86. The molecule has 1 aliphatic rings. The first-order chi connectivity index (χ1) is 11.5. The number of amides is 2. The highest BCUT2D eigenvalue weighted by Crippen LogP contribution is 2.21. The van der Waals surface area contributed by atoms with Crippen LogP contribution in [0.2, 0.25) is 0 Å². The van der Waals surface area contributed by atoms with Crippen LogP contribution in [0.1, 0.15) is 45.1 Å². The van der Waals surface area contributed by atoms with Gasteiger partial charge in [0, 0.05) is 31.5 Å². The second-order valence-electron chi connectivity index (χ2n) is 6.46. The van der Waals surface area contributed by atoms with E-state index < -0.39 is 0 Å². The van der Waals surface area contributed by atoms with Crippen LogP contribution in [0.3, 0.4) is 0 Å². The highest BCUT2D eigenvalue weighted by molar-refractivity contribution is 5.81. The maximum Gasteiger partial charge on any atom is 0.225 e. The SMILES string of the molecule is CCC(CC)C(=O)N1CCC(C(=O)NCc2ccc(F)cc2)CC1. The fourth-order valence-electron chi connectivity index (χ4n) is 3.19. The number of carbonyl (C=O) groups excluding carboxylic acids is 2. The van der Waals surface area contributed by atoms with Crippen LogP contribution in [0, 0.1) is 17.7 Å². The van der Waals surface area contributed by atoms with Crippen molar-refractivity contribution in [2.24, 2.45) is 11.8 Å². The summed E-state index contributed by atoms with van der Waals surface area (Å²) in [5.74, 6) is 0.0313. The minimum Gasteiger partial charge on any atom is -0.352 e. The van der Waals surface area contributed by atoms with E-state index in [1.807, 2.05) is 18.7 Å². The number of rotatable bonds is 6. The highest BCUT2D eigenvalue weighted by atomic mass is 19.1. The largest absolute Gasteiger partial charge is 0.352 e. The third-order valence-corrected chi connectivity index (χ3v) is 4.89. The van der Waals surface area contributed by atoms with Gasteiger partial charge in [0.15, 0.2) is 0 Å². The van der Waals surface area contributed by atoms with Crippen LogP contribution in [-0.2, 0) is 16.1 Å². The Labute approximate surface area is 143 Å². The van der Waals surface area contributed by atoms with E-state index in [1.54, 1.807) is 12.1 Å². The van der Waals surface area contributed by atoms with Crippen LogP contribution in [0.4, 0.5) is 4.39 Å². The lowest BCUT2D eigenvalue weighted by molar-refractivity contribution is -0.139. The van der Waals surface area contributed by atoms with Crippen molar-refractivity contribution in [3.05, 3.63) is 35.6 Å². The summed E-state index contributed by atoms with van der Waals surface area (Å²) in [7, 11) is 0. The number of nitrogens with one attached hydrogen (secondary N) is 1. The number of hydrogen-bond donors (Lipinski definition) is 1. The van der Waals surface area contributed by atoms with Gasteiger partial charge in [0.1, 0.15) is 5.82 Å². The van der Waals surface area contributed by atoms with E-state index in [1.165, 1.54) is 12.1 Å². The summed E-state index contributed by atoms with van der Waals surface area (Å²) in [6.45, 7) is 5.81. The molecular weight excluding hydrogens is 307 g/mol. The number of carbonyl (C=O) groups is 2. The van der Waals surface area contributed by atoms with Gasteiger partial charge in [0.05, 0.1) is 0 Å². The quantitative estimate of drug-likeness (QED) is 0.869. The molecule has 2 rings (SSSR count). The first kappa shape index (κ1) is 18.4. The normalized spacial score (nSPS) is 15.6. The van der Waals surface area contributed by atoms with Crippen LogP contribution >= 0.6 is 0 Å². The second kappa shape index (κ2) is 8.81. The van der Waals surface area contributed by atoms with Crippen molar-refractivity contribution >= 4 is 11.8 Å². The molecule has 0 radical (unpaired) electrons. The average molecular weight is 334 g/mol. The van der Waals surface area contributed by atoms with Crippen molar-refractivity contribution in [1.82, 2.24) is 10.2 Å². The van der Waals surface area contributed by atoms with Gasteiger partial charge in [-0.3, -0.25) is 9.59 Å². The molecule has 132 valence electrons. The van der Waals surface area contributed by atoms with Crippen molar-refractivity contribution in [1.29, 1.82) is 0 Å². The van der Waals surface area contributed by atoms with E-state index >= 15 is 0 Å². The van der Waals surface area contributed by atoms with Crippen molar-refractivity contribution in [2.45, 2.75) is 46.1 Å². The van der Waals surface area contributed by atoms with Crippen molar-refractivity contribution < 1.29 is 14.0 Å². The van der Waals surface area contributed by atoms with Gasteiger partial charge in [0.2, 0.25) is 11.8 Å². The molecule has 1 saturated heterocycles. The standard InChI is InChI=1S/C19H27FN2O2/c1-3-15(4-2)19(24)22-11-9-16(10-12-22)18(23)21-13-14-5-7-17(20)8-6-14/h5-8,15-16H,3-4,9-13H2,1-2H3,(H,21,23). The van der Waals surface area contributed by atoms with Crippen LogP contribution < -0.4 is 5.32 Å². The summed E-state index contributed by atoms with van der Waals surface area (Å²) in [5, 5.41) is 2.91. The third kappa shape index (κ3) is 4.79. The number of piperidine rings is 1. The number of benzene rings is 1. The van der Waals surface area contributed by atoms with E-state index in [0.717, 1.165) is 18.4 Å². The molecule has 0 aromatic heterocycles. The Morgan fingerprint density at radius 1 is 1.17 bits per heavy atom. The monoisotopic (exact) mass is 334 g/mol. The Kier molecular flexibility index (Phi) is 6.76. The number of nitrogens with zero attached hydrogens (tertiary/aromatic N) is 1. The second-order valence-corrected chi connectivity index (χ2v) is 6.46. The number of likely N-dealkylation sites (tertiary alicyclic amines) is 1. The molecule has 1 aromatic carbocycles.